The molecule has 0 spiro atoms. The number of furan rings is 1. The molecule has 4 heteroatoms. The second-order valence-electron chi connectivity index (χ2n) is 5.72. The molecule has 2 N–H and O–H groups in total. The quantitative estimate of drug-likeness (QED) is 0.848. The second kappa shape index (κ2) is 7.69. The summed E-state index contributed by atoms with van der Waals surface area (Å²) < 4.78 is 5.30. The molecule has 0 saturated heterocycles. The highest BCUT2D eigenvalue weighted by molar-refractivity contribution is 5.74. The maximum Gasteiger partial charge on any atom is 0.315 e. The molecule has 0 bridgehead atoms. The van der Waals surface area contributed by atoms with Crippen LogP contribution in [0.1, 0.15) is 43.2 Å². The summed E-state index contributed by atoms with van der Waals surface area (Å²) in [5, 5.41) is 5.96. The van der Waals surface area contributed by atoms with Gasteiger partial charge in [0.1, 0.15) is 5.76 Å². The van der Waals surface area contributed by atoms with Crippen molar-refractivity contribution in [3.63, 3.8) is 0 Å². The van der Waals surface area contributed by atoms with E-state index in [1.807, 2.05) is 44.2 Å². The van der Waals surface area contributed by atoms with Crippen LogP contribution in [0.2, 0.25) is 0 Å². The van der Waals surface area contributed by atoms with Gasteiger partial charge in [-0.25, -0.2) is 4.79 Å². The van der Waals surface area contributed by atoms with Crippen LogP contribution in [0, 0.1) is 6.92 Å². The minimum Gasteiger partial charge on any atom is -0.469 e. The number of aryl methyl sites for hydroxylation is 2. The molecule has 4 nitrogen and oxygen atoms in total. The molecule has 1 aromatic heterocycles. The molecule has 0 aliphatic rings. The highest BCUT2D eigenvalue weighted by Crippen LogP contribution is 2.16. The minimum atomic E-state index is -0.136. The second-order valence-corrected chi connectivity index (χ2v) is 5.72. The van der Waals surface area contributed by atoms with Crippen LogP contribution in [0.15, 0.2) is 47.1 Å². The van der Waals surface area contributed by atoms with Gasteiger partial charge in [-0.15, -0.1) is 0 Å². The number of amides is 2. The Morgan fingerprint density at radius 2 is 1.91 bits per heavy atom. The molecule has 2 amide bonds. The van der Waals surface area contributed by atoms with Crippen LogP contribution in [0.25, 0.3) is 0 Å². The molecule has 0 unspecified atom stereocenters. The molecule has 0 fully saturated rings. The van der Waals surface area contributed by atoms with Crippen LogP contribution >= 0.6 is 0 Å². The molecule has 0 saturated carbocycles. The highest BCUT2D eigenvalue weighted by atomic mass is 16.3. The summed E-state index contributed by atoms with van der Waals surface area (Å²) in [7, 11) is 0. The first kappa shape index (κ1) is 16.1. The fourth-order valence-electron chi connectivity index (χ4n) is 2.50. The van der Waals surface area contributed by atoms with Gasteiger partial charge in [-0.1, -0.05) is 24.3 Å². The normalized spacial score (nSPS) is 13.4. The molecule has 1 aromatic carbocycles. The van der Waals surface area contributed by atoms with Crippen molar-refractivity contribution in [2.45, 2.75) is 45.7 Å². The Hall–Kier alpha value is -2.23. The van der Waals surface area contributed by atoms with E-state index < -0.39 is 0 Å². The Morgan fingerprint density at radius 3 is 2.59 bits per heavy atom. The van der Waals surface area contributed by atoms with Crippen molar-refractivity contribution in [1.29, 1.82) is 0 Å². The van der Waals surface area contributed by atoms with E-state index in [-0.39, 0.29) is 18.1 Å². The van der Waals surface area contributed by atoms with Crippen LogP contribution < -0.4 is 10.6 Å². The van der Waals surface area contributed by atoms with E-state index in [9.17, 15) is 4.79 Å². The maximum atomic E-state index is 12.1. The minimum absolute atomic E-state index is 0.0153. The zero-order valence-electron chi connectivity index (χ0n) is 13.4. The molecule has 2 aromatic rings. The molecule has 1 heterocycles. The maximum absolute atomic E-state index is 12.1. The Balaban J connectivity index is 1.78. The van der Waals surface area contributed by atoms with Gasteiger partial charge in [-0.05, 0) is 50.5 Å². The standard InChI is InChI=1S/C18H24N2O2/c1-13-7-4-5-9-17(13)15(3)20-18(21)19-14(2)10-11-16-8-6-12-22-16/h4-9,12,14-15H,10-11H2,1-3H3,(H2,19,20,21)/t14-,15+/m0/s1. The summed E-state index contributed by atoms with van der Waals surface area (Å²) in [6.45, 7) is 6.05. The van der Waals surface area contributed by atoms with Crippen molar-refractivity contribution in [3.05, 3.63) is 59.5 Å². The van der Waals surface area contributed by atoms with Crippen molar-refractivity contribution in [2.75, 3.05) is 0 Å². The van der Waals surface area contributed by atoms with Gasteiger partial charge >= 0.3 is 6.03 Å². The third-order valence-corrected chi connectivity index (χ3v) is 3.78. The van der Waals surface area contributed by atoms with Gasteiger partial charge in [0.05, 0.1) is 12.3 Å². The van der Waals surface area contributed by atoms with Crippen molar-refractivity contribution in [2.24, 2.45) is 0 Å². The molecule has 22 heavy (non-hydrogen) atoms. The first-order valence-corrected chi connectivity index (χ1v) is 7.71. The van der Waals surface area contributed by atoms with E-state index in [0.717, 1.165) is 24.2 Å². The van der Waals surface area contributed by atoms with Crippen LogP contribution in [0.4, 0.5) is 4.79 Å². The summed E-state index contributed by atoms with van der Waals surface area (Å²) >= 11 is 0. The number of hydrogen-bond acceptors (Lipinski definition) is 2. The fraction of sp³-hybridized carbons (Fsp3) is 0.389. The number of benzene rings is 1. The summed E-state index contributed by atoms with van der Waals surface area (Å²) in [6.07, 6.45) is 3.34. The predicted octanol–water partition coefficient (Wildman–Crippen LogP) is 3.97. The monoisotopic (exact) mass is 300 g/mol. The van der Waals surface area contributed by atoms with Gasteiger partial charge in [0.15, 0.2) is 0 Å². The average molecular weight is 300 g/mol. The number of carbonyl (C=O) groups excluding carboxylic acids is 1. The zero-order chi connectivity index (χ0) is 15.9. The SMILES string of the molecule is Cc1ccccc1[C@@H](C)NC(=O)N[C@@H](C)CCc1ccco1. The third-order valence-electron chi connectivity index (χ3n) is 3.78. The Morgan fingerprint density at radius 1 is 1.14 bits per heavy atom. The molecule has 2 atom stereocenters. The number of hydrogen-bond donors (Lipinski definition) is 2. The third kappa shape index (κ3) is 4.65. The number of rotatable bonds is 6. The molecule has 0 radical (unpaired) electrons. The summed E-state index contributed by atoms with van der Waals surface area (Å²) in [5.41, 5.74) is 2.32. The van der Waals surface area contributed by atoms with Crippen molar-refractivity contribution in [1.82, 2.24) is 10.6 Å². The van der Waals surface area contributed by atoms with Gasteiger partial charge in [-0.3, -0.25) is 0 Å². The first-order valence-electron chi connectivity index (χ1n) is 7.71. The lowest BCUT2D eigenvalue weighted by Gasteiger charge is -2.19. The number of nitrogens with one attached hydrogen (secondary N) is 2. The summed E-state index contributed by atoms with van der Waals surface area (Å²) in [5.74, 6) is 0.947. The van der Waals surface area contributed by atoms with Gasteiger partial charge < -0.3 is 15.1 Å². The lowest BCUT2D eigenvalue weighted by Crippen LogP contribution is -2.42. The number of urea groups is 1. The number of carbonyl (C=O) groups is 1. The molecule has 0 aliphatic carbocycles. The van der Waals surface area contributed by atoms with Crippen molar-refractivity contribution < 1.29 is 9.21 Å². The molecule has 0 aliphatic heterocycles. The van der Waals surface area contributed by atoms with Crippen molar-refractivity contribution >= 4 is 6.03 Å². The van der Waals surface area contributed by atoms with Crippen LogP contribution in [0.5, 0.6) is 0 Å². The van der Waals surface area contributed by atoms with E-state index in [1.54, 1.807) is 6.26 Å². The Labute approximate surface area is 131 Å². The lowest BCUT2D eigenvalue weighted by molar-refractivity contribution is 0.234. The predicted molar refractivity (Wildman–Crippen MR) is 87.8 cm³/mol. The first-order chi connectivity index (χ1) is 10.6. The van der Waals surface area contributed by atoms with Crippen LogP contribution in [0.3, 0.4) is 0 Å². The molecule has 118 valence electrons. The van der Waals surface area contributed by atoms with E-state index in [4.69, 9.17) is 4.42 Å². The van der Waals surface area contributed by atoms with E-state index in [2.05, 4.69) is 23.6 Å². The van der Waals surface area contributed by atoms with E-state index in [1.165, 1.54) is 5.56 Å². The van der Waals surface area contributed by atoms with Gasteiger partial charge in [0.2, 0.25) is 0 Å². The largest absolute Gasteiger partial charge is 0.469 e. The van der Waals surface area contributed by atoms with Crippen molar-refractivity contribution in [3.8, 4) is 0 Å². The van der Waals surface area contributed by atoms with Crippen LogP contribution in [-0.2, 0) is 6.42 Å². The van der Waals surface area contributed by atoms with Gasteiger partial charge in [0, 0.05) is 12.5 Å². The fourth-order valence-corrected chi connectivity index (χ4v) is 2.50. The molecule has 2 rings (SSSR count). The average Bonchev–Trinajstić information content (AvgIpc) is 2.98. The highest BCUT2D eigenvalue weighted by Gasteiger charge is 2.13. The van der Waals surface area contributed by atoms with E-state index in [0.29, 0.717) is 0 Å². The topological polar surface area (TPSA) is 54.3 Å². The Bertz CT molecular complexity index is 593. The lowest BCUT2D eigenvalue weighted by atomic mass is 10.0. The Kier molecular flexibility index (Phi) is 5.64. The molecular formula is C18H24N2O2. The van der Waals surface area contributed by atoms with Gasteiger partial charge in [0.25, 0.3) is 0 Å². The smallest absolute Gasteiger partial charge is 0.315 e. The van der Waals surface area contributed by atoms with Gasteiger partial charge in [-0.2, -0.15) is 0 Å². The van der Waals surface area contributed by atoms with E-state index >= 15 is 0 Å². The molecular weight excluding hydrogens is 276 g/mol. The summed E-state index contributed by atoms with van der Waals surface area (Å²) in [4.78, 5) is 12.1. The summed E-state index contributed by atoms with van der Waals surface area (Å²) in [6, 6.07) is 11.9. The zero-order valence-corrected chi connectivity index (χ0v) is 13.4. The van der Waals surface area contributed by atoms with Crippen LogP contribution in [-0.4, -0.2) is 12.1 Å².